The third-order valence-corrected chi connectivity index (χ3v) is 1.52. The van der Waals surface area contributed by atoms with Gasteiger partial charge in [-0.3, -0.25) is 9.94 Å². The number of nitrogens with zero attached hydrogens (tertiary/aromatic N) is 1. The van der Waals surface area contributed by atoms with Gasteiger partial charge in [0.15, 0.2) is 5.72 Å². The Kier molecular flexibility index (Phi) is 2.36. The van der Waals surface area contributed by atoms with Gasteiger partial charge in [0.25, 0.3) is 0 Å². The zero-order valence-corrected chi connectivity index (χ0v) is 6.75. The van der Waals surface area contributed by atoms with Crippen LogP contribution in [-0.2, 0) is 4.74 Å². The fraction of sp³-hybridized carbons (Fsp3) is 0.429. The molecule has 1 N–H and O–H groups in total. The first-order valence-corrected chi connectivity index (χ1v) is 3.45. The Morgan fingerprint density at radius 3 is 2.46 bits per heavy atom. The summed E-state index contributed by atoms with van der Waals surface area (Å²) in [6.07, 6.45) is 0.136. The predicted molar refractivity (Wildman–Crippen MR) is 37.5 cm³/mol. The summed E-state index contributed by atoms with van der Waals surface area (Å²) >= 11 is 0. The van der Waals surface area contributed by atoms with Crippen LogP contribution in [0.3, 0.4) is 0 Å². The van der Waals surface area contributed by atoms with Crippen molar-refractivity contribution in [1.82, 2.24) is 5.06 Å². The Bertz CT molecular complexity index is 249. The summed E-state index contributed by atoms with van der Waals surface area (Å²) in [4.78, 5) is 0. The van der Waals surface area contributed by atoms with E-state index >= 15 is 0 Å². The zero-order chi connectivity index (χ0) is 10.1. The molecule has 0 aromatic rings. The minimum atomic E-state index is -4.79. The van der Waals surface area contributed by atoms with Gasteiger partial charge < -0.3 is 0 Å². The van der Waals surface area contributed by atoms with Gasteiger partial charge in [-0.05, 0) is 19.1 Å². The van der Waals surface area contributed by atoms with Crippen LogP contribution >= 0.6 is 0 Å². The number of ether oxygens (including phenoxy) is 1. The summed E-state index contributed by atoms with van der Waals surface area (Å²) in [7, 11) is 0. The summed E-state index contributed by atoms with van der Waals surface area (Å²) in [5.41, 5.74) is -1.88. The largest absolute Gasteiger partial charge is 0.524 e. The second kappa shape index (κ2) is 3.04. The fourth-order valence-electron chi connectivity index (χ4n) is 0.905. The minimum absolute atomic E-state index is 0.348. The van der Waals surface area contributed by atoms with E-state index in [1.165, 1.54) is 12.2 Å². The normalized spacial score (nSPS) is 28.2. The highest BCUT2D eigenvalue weighted by Gasteiger charge is 2.42. The molecule has 6 heteroatoms. The highest BCUT2D eigenvalue weighted by molar-refractivity contribution is 5.14. The molecule has 1 atom stereocenters. The Labute approximate surface area is 72.7 Å². The van der Waals surface area contributed by atoms with Crippen LogP contribution in [0.4, 0.5) is 13.2 Å². The third kappa shape index (κ3) is 2.46. The van der Waals surface area contributed by atoms with Crippen molar-refractivity contribution in [2.24, 2.45) is 0 Å². The topological polar surface area (TPSA) is 32.7 Å². The molecule has 1 aliphatic heterocycles. The molecular weight excluding hydrogens is 187 g/mol. The van der Waals surface area contributed by atoms with Crippen molar-refractivity contribution in [3.8, 4) is 0 Å². The van der Waals surface area contributed by atoms with Gasteiger partial charge in [-0.1, -0.05) is 6.08 Å². The number of allylic oxidation sites excluding steroid dienone is 2. The monoisotopic (exact) mass is 195 g/mol. The van der Waals surface area contributed by atoms with Gasteiger partial charge in [-0.15, -0.1) is 13.2 Å². The van der Waals surface area contributed by atoms with Crippen LogP contribution in [0.25, 0.3) is 0 Å². The summed E-state index contributed by atoms with van der Waals surface area (Å²) in [5, 5.41) is 9.41. The highest BCUT2D eigenvalue weighted by atomic mass is 19.4. The number of alkyl halides is 3. The average molecular weight is 195 g/mol. The van der Waals surface area contributed by atoms with Crippen LogP contribution < -0.4 is 0 Å². The minimum Gasteiger partial charge on any atom is -0.286 e. The van der Waals surface area contributed by atoms with Crippen molar-refractivity contribution in [2.75, 3.05) is 0 Å². The lowest BCUT2D eigenvalue weighted by atomic mass is 10.2. The molecule has 0 amide bonds. The molecule has 3 nitrogen and oxygen atoms in total. The lowest BCUT2D eigenvalue weighted by Gasteiger charge is -2.34. The van der Waals surface area contributed by atoms with Crippen LogP contribution in [0.2, 0.25) is 0 Å². The van der Waals surface area contributed by atoms with Crippen molar-refractivity contribution >= 4 is 0 Å². The van der Waals surface area contributed by atoms with Crippen molar-refractivity contribution in [2.45, 2.75) is 19.0 Å². The van der Waals surface area contributed by atoms with Gasteiger partial charge in [0, 0.05) is 6.20 Å². The third-order valence-electron chi connectivity index (χ3n) is 1.52. The van der Waals surface area contributed by atoms with Crippen LogP contribution in [-0.4, -0.2) is 22.4 Å². The molecule has 0 saturated carbocycles. The van der Waals surface area contributed by atoms with Crippen LogP contribution in [0.15, 0.2) is 24.4 Å². The molecule has 0 aromatic carbocycles. The van der Waals surface area contributed by atoms with E-state index in [0.717, 1.165) is 19.2 Å². The van der Waals surface area contributed by atoms with Gasteiger partial charge in [-0.2, -0.15) is 0 Å². The molecule has 74 valence electrons. The highest BCUT2D eigenvalue weighted by Crippen LogP contribution is 2.29. The van der Waals surface area contributed by atoms with Crippen LogP contribution in [0.1, 0.15) is 6.92 Å². The molecule has 0 bridgehead atoms. The molecule has 0 aromatic heterocycles. The van der Waals surface area contributed by atoms with E-state index in [9.17, 15) is 13.2 Å². The number of hydroxylamine groups is 2. The predicted octanol–water partition coefficient (Wildman–Crippen LogP) is 2.01. The number of rotatable bonds is 1. The Morgan fingerprint density at radius 1 is 1.38 bits per heavy atom. The molecule has 1 aliphatic rings. The van der Waals surface area contributed by atoms with Gasteiger partial charge >= 0.3 is 6.36 Å². The van der Waals surface area contributed by atoms with E-state index in [4.69, 9.17) is 5.21 Å². The van der Waals surface area contributed by atoms with E-state index in [1.54, 1.807) is 0 Å². The average Bonchev–Trinajstić information content (AvgIpc) is 1.92. The molecule has 0 aliphatic carbocycles. The fourth-order valence-corrected chi connectivity index (χ4v) is 0.905. The smallest absolute Gasteiger partial charge is 0.286 e. The molecule has 0 radical (unpaired) electrons. The number of hydrogen-bond acceptors (Lipinski definition) is 3. The summed E-state index contributed by atoms with van der Waals surface area (Å²) < 4.78 is 39.2. The lowest BCUT2D eigenvalue weighted by molar-refractivity contribution is -0.397. The summed E-state index contributed by atoms with van der Waals surface area (Å²) in [6, 6.07) is 0. The Hall–Kier alpha value is -1.01. The summed E-state index contributed by atoms with van der Waals surface area (Å²) in [5.74, 6) is 0. The van der Waals surface area contributed by atoms with E-state index in [2.05, 4.69) is 4.74 Å². The van der Waals surface area contributed by atoms with Crippen molar-refractivity contribution in [3.05, 3.63) is 24.4 Å². The van der Waals surface area contributed by atoms with Gasteiger partial charge in [0.05, 0.1) is 0 Å². The standard InChI is InChI=1S/C7H8F3NO2/c1-6(13-7(8,9)10)4-2-3-5-11(6)12/h2-5,12H,1H3. The first-order chi connectivity index (χ1) is 5.83. The number of halogens is 3. The quantitative estimate of drug-likeness (QED) is 0.694. The van der Waals surface area contributed by atoms with E-state index < -0.39 is 12.1 Å². The lowest BCUT2D eigenvalue weighted by Crippen LogP contribution is -2.46. The zero-order valence-electron chi connectivity index (χ0n) is 6.75. The molecule has 0 spiro atoms. The molecule has 1 heterocycles. The molecule has 1 unspecified atom stereocenters. The van der Waals surface area contributed by atoms with Crippen LogP contribution in [0, 0.1) is 0 Å². The van der Waals surface area contributed by atoms with Crippen molar-refractivity contribution in [1.29, 1.82) is 0 Å². The van der Waals surface area contributed by atoms with E-state index in [-0.39, 0.29) is 0 Å². The first kappa shape index (κ1) is 10.1. The maximum absolute atomic E-state index is 11.8. The Balaban J connectivity index is 2.76. The second-order valence-electron chi connectivity index (χ2n) is 2.65. The molecule has 0 saturated heterocycles. The molecule has 13 heavy (non-hydrogen) atoms. The van der Waals surface area contributed by atoms with Crippen molar-refractivity contribution in [3.63, 3.8) is 0 Å². The maximum atomic E-state index is 11.8. The Morgan fingerprint density at radius 2 is 2.00 bits per heavy atom. The van der Waals surface area contributed by atoms with Gasteiger partial charge in [0.2, 0.25) is 0 Å². The maximum Gasteiger partial charge on any atom is 0.524 e. The second-order valence-corrected chi connectivity index (χ2v) is 2.65. The number of hydrogen-bond donors (Lipinski definition) is 1. The first-order valence-electron chi connectivity index (χ1n) is 3.45. The van der Waals surface area contributed by atoms with Crippen molar-refractivity contribution < 1.29 is 23.1 Å². The van der Waals surface area contributed by atoms with Gasteiger partial charge in [-0.25, -0.2) is 5.06 Å². The molecule has 0 fully saturated rings. The van der Waals surface area contributed by atoms with Gasteiger partial charge in [0.1, 0.15) is 0 Å². The van der Waals surface area contributed by atoms with Crippen LogP contribution in [0.5, 0.6) is 0 Å². The molecular formula is C7H8F3NO2. The van der Waals surface area contributed by atoms with E-state index in [0.29, 0.717) is 5.06 Å². The van der Waals surface area contributed by atoms with E-state index in [1.807, 2.05) is 0 Å². The summed E-state index contributed by atoms with van der Waals surface area (Å²) in [6.45, 7) is 1.10. The molecule has 1 rings (SSSR count). The SMILES string of the molecule is CC1(OC(F)(F)F)C=CC=CN1O.